The fraction of sp³-hybridized carbons (Fsp3) is 0.375. The van der Waals surface area contributed by atoms with Gasteiger partial charge in [-0.05, 0) is 37.1 Å². The van der Waals surface area contributed by atoms with Crippen LogP contribution in [0, 0.1) is 5.92 Å². The van der Waals surface area contributed by atoms with Crippen molar-refractivity contribution >= 4 is 28.4 Å². The van der Waals surface area contributed by atoms with Gasteiger partial charge < -0.3 is 10.4 Å². The minimum absolute atomic E-state index is 0.153. The first kappa shape index (κ1) is 14.3. The monoisotopic (exact) mass is 304 g/mol. The summed E-state index contributed by atoms with van der Waals surface area (Å²) < 4.78 is 0. The van der Waals surface area contributed by atoms with E-state index in [4.69, 9.17) is 11.6 Å². The quantitative estimate of drug-likeness (QED) is 0.916. The Balaban J connectivity index is 1.80. The van der Waals surface area contributed by atoms with E-state index in [1.54, 1.807) is 24.4 Å². The van der Waals surface area contributed by atoms with E-state index in [1.807, 2.05) is 6.07 Å². The molecule has 2 N–H and O–H groups in total. The van der Waals surface area contributed by atoms with Gasteiger partial charge in [-0.15, -0.1) is 0 Å². The number of benzene rings is 1. The molecule has 4 nitrogen and oxygen atoms in total. The minimum Gasteiger partial charge on any atom is -0.393 e. The highest BCUT2D eigenvalue weighted by Gasteiger charge is 2.25. The van der Waals surface area contributed by atoms with Crippen LogP contribution in [-0.2, 0) is 0 Å². The molecule has 0 bridgehead atoms. The molecule has 2 atom stereocenters. The molecule has 5 heteroatoms. The molecule has 110 valence electrons. The van der Waals surface area contributed by atoms with Crippen LogP contribution < -0.4 is 5.32 Å². The van der Waals surface area contributed by atoms with Gasteiger partial charge in [-0.2, -0.15) is 0 Å². The zero-order valence-corrected chi connectivity index (χ0v) is 12.3. The van der Waals surface area contributed by atoms with Crippen LogP contribution in [0.5, 0.6) is 0 Å². The summed E-state index contributed by atoms with van der Waals surface area (Å²) in [4.78, 5) is 16.6. The first-order valence-corrected chi connectivity index (χ1v) is 7.54. The van der Waals surface area contributed by atoms with Gasteiger partial charge in [0.2, 0.25) is 0 Å². The van der Waals surface area contributed by atoms with Gasteiger partial charge in [-0.3, -0.25) is 9.78 Å². The van der Waals surface area contributed by atoms with Crippen molar-refractivity contribution in [1.82, 2.24) is 10.3 Å². The van der Waals surface area contributed by atoms with Gasteiger partial charge in [0.1, 0.15) is 0 Å². The number of carbonyl (C=O) groups excluding carboxylic acids is 1. The topological polar surface area (TPSA) is 62.2 Å². The molecular weight excluding hydrogens is 288 g/mol. The number of carbonyl (C=O) groups is 1. The van der Waals surface area contributed by atoms with E-state index in [0.717, 1.165) is 24.6 Å². The Bertz CT molecular complexity index is 674. The van der Waals surface area contributed by atoms with Gasteiger partial charge in [0.15, 0.2) is 0 Å². The number of rotatable bonds is 3. The van der Waals surface area contributed by atoms with Crippen molar-refractivity contribution in [2.24, 2.45) is 5.92 Å². The van der Waals surface area contributed by atoms with Gasteiger partial charge in [0.25, 0.3) is 5.91 Å². The largest absolute Gasteiger partial charge is 0.393 e. The molecule has 1 saturated carbocycles. The lowest BCUT2D eigenvalue weighted by molar-refractivity contribution is 0.0918. The second-order valence-corrected chi connectivity index (χ2v) is 5.87. The summed E-state index contributed by atoms with van der Waals surface area (Å²) >= 11 is 6.13. The number of pyridine rings is 1. The lowest BCUT2D eigenvalue weighted by atomic mass is 10.1. The Morgan fingerprint density at radius 3 is 3.00 bits per heavy atom. The summed E-state index contributed by atoms with van der Waals surface area (Å²) in [7, 11) is 0. The van der Waals surface area contributed by atoms with Crippen molar-refractivity contribution in [3.8, 4) is 0 Å². The third-order valence-electron chi connectivity index (χ3n) is 4.10. The third kappa shape index (κ3) is 2.87. The van der Waals surface area contributed by atoms with Gasteiger partial charge in [0.05, 0.1) is 22.2 Å². The van der Waals surface area contributed by atoms with Gasteiger partial charge in [-0.25, -0.2) is 0 Å². The Morgan fingerprint density at radius 2 is 2.24 bits per heavy atom. The summed E-state index contributed by atoms with van der Waals surface area (Å²) in [5.41, 5.74) is 1.12. The number of aromatic nitrogens is 1. The molecule has 1 aliphatic carbocycles. The normalized spacial score (nSPS) is 21.6. The number of nitrogens with one attached hydrogen (secondary N) is 1. The van der Waals surface area contributed by atoms with Gasteiger partial charge in [0, 0.05) is 24.0 Å². The van der Waals surface area contributed by atoms with Crippen LogP contribution in [0.3, 0.4) is 0 Å². The van der Waals surface area contributed by atoms with Crippen molar-refractivity contribution in [3.05, 3.63) is 41.0 Å². The minimum atomic E-state index is -0.301. The van der Waals surface area contributed by atoms with E-state index < -0.39 is 0 Å². The lowest BCUT2D eigenvalue weighted by Crippen LogP contribution is -2.32. The van der Waals surface area contributed by atoms with Crippen molar-refractivity contribution in [3.63, 3.8) is 0 Å². The van der Waals surface area contributed by atoms with Crippen LogP contribution in [0.4, 0.5) is 0 Å². The average Bonchev–Trinajstić information content (AvgIpc) is 2.91. The number of hydrogen-bond acceptors (Lipinski definition) is 3. The summed E-state index contributed by atoms with van der Waals surface area (Å²) in [6, 6.07) is 7.05. The highest BCUT2D eigenvalue weighted by atomic mass is 35.5. The Hall–Kier alpha value is -1.65. The summed E-state index contributed by atoms with van der Waals surface area (Å²) in [6.07, 6.45) is 4.15. The van der Waals surface area contributed by atoms with Crippen LogP contribution in [0.15, 0.2) is 30.5 Å². The summed E-state index contributed by atoms with van der Waals surface area (Å²) in [6.45, 7) is 0.497. The Morgan fingerprint density at radius 1 is 1.38 bits per heavy atom. The maximum Gasteiger partial charge on any atom is 0.253 e. The maximum atomic E-state index is 12.4. The number of halogens is 1. The highest BCUT2D eigenvalue weighted by molar-refractivity contribution is 6.36. The Labute approximate surface area is 128 Å². The van der Waals surface area contributed by atoms with E-state index in [2.05, 4.69) is 10.3 Å². The number of aliphatic hydroxyl groups is 1. The van der Waals surface area contributed by atoms with Crippen LogP contribution in [0.1, 0.15) is 29.6 Å². The van der Waals surface area contributed by atoms with Gasteiger partial charge >= 0.3 is 0 Å². The molecule has 1 heterocycles. The number of amides is 1. The molecule has 0 spiro atoms. The van der Waals surface area contributed by atoms with Crippen LogP contribution in [0.2, 0.25) is 5.02 Å². The first-order valence-electron chi connectivity index (χ1n) is 7.16. The molecule has 1 fully saturated rings. The zero-order valence-electron chi connectivity index (χ0n) is 11.6. The smallest absolute Gasteiger partial charge is 0.253 e. The maximum absolute atomic E-state index is 12.4. The lowest BCUT2D eigenvalue weighted by Gasteiger charge is -2.15. The van der Waals surface area contributed by atoms with Crippen LogP contribution in [0.25, 0.3) is 10.9 Å². The number of hydrogen-bond donors (Lipinski definition) is 2. The van der Waals surface area contributed by atoms with Crippen molar-refractivity contribution in [2.45, 2.75) is 25.4 Å². The molecule has 1 aliphatic rings. The molecular formula is C16H17ClN2O2. The van der Waals surface area contributed by atoms with E-state index in [-0.39, 0.29) is 17.9 Å². The fourth-order valence-electron chi connectivity index (χ4n) is 2.90. The number of fused-ring (bicyclic) bond motifs is 1. The molecule has 1 aromatic heterocycles. The van der Waals surface area contributed by atoms with E-state index in [0.29, 0.717) is 22.6 Å². The predicted molar refractivity (Wildman–Crippen MR) is 82.4 cm³/mol. The molecule has 1 aromatic carbocycles. The molecule has 3 rings (SSSR count). The first-order chi connectivity index (χ1) is 10.2. The fourth-order valence-corrected chi connectivity index (χ4v) is 3.11. The highest BCUT2D eigenvalue weighted by Crippen LogP contribution is 2.26. The van der Waals surface area contributed by atoms with Crippen molar-refractivity contribution < 1.29 is 9.90 Å². The van der Waals surface area contributed by atoms with Crippen molar-refractivity contribution in [2.75, 3.05) is 6.54 Å². The molecule has 2 unspecified atom stereocenters. The molecule has 21 heavy (non-hydrogen) atoms. The molecule has 1 amide bonds. The molecule has 0 saturated heterocycles. The van der Waals surface area contributed by atoms with Gasteiger partial charge in [-0.1, -0.05) is 18.0 Å². The van der Waals surface area contributed by atoms with Crippen molar-refractivity contribution in [1.29, 1.82) is 0 Å². The third-order valence-corrected chi connectivity index (χ3v) is 4.43. The zero-order chi connectivity index (χ0) is 14.8. The van der Waals surface area contributed by atoms with E-state index in [9.17, 15) is 9.90 Å². The molecule has 0 radical (unpaired) electrons. The average molecular weight is 305 g/mol. The predicted octanol–water partition coefficient (Wildman–Crippen LogP) is 2.78. The second kappa shape index (κ2) is 6.00. The van der Waals surface area contributed by atoms with Crippen LogP contribution in [-0.4, -0.2) is 28.6 Å². The number of nitrogens with zero attached hydrogens (tertiary/aromatic N) is 1. The summed E-state index contributed by atoms with van der Waals surface area (Å²) in [5, 5.41) is 14.1. The second-order valence-electron chi connectivity index (χ2n) is 5.46. The van der Waals surface area contributed by atoms with E-state index >= 15 is 0 Å². The summed E-state index contributed by atoms with van der Waals surface area (Å²) in [5.74, 6) is -0.0186. The Kier molecular flexibility index (Phi) is 4.08. The molecule has 2 aromatic rings. The standard InChI is InChI=1S/C16H17ClN2O2/c17-13-7-6-12(15-11(13)4-2-8-18-15)16(21)19-9-10-3-1-5-14(10)20/h2,4,6-8,10,14,20H,1,3,5,9H2,(H,19,21). The van der Waals surface area contributed by atoms with Crippen LogP contribution >= 0.6 is 11.6 Å². The SMILES string of the molecule is O=C(NCC1CCCC1O)c1ccc(Cl)c2cccnc12. The van der Waals surface area contributed by atoms with E-state index in [1.165, 1.54) is 0 Å². The number of aliphatic hydroxyl groups excluding tert-OH is 1. The molecule has 0 aliphatic heterocycles.